The molecule has 1 saturated carbocycles. The Morgan fingerprint density at radius 2 is 1.91 bits per heavy atom. The molecule has 0 unspecified atom stereocenters. The lowest BCUT2D eigenvalue weighted by molar-refractivity contribution is -0.142. The summed E-state index contributed by atoms with van der Waals surface area (Å²) in [6, 6.07) is 4.25. The van der Waals surface area contributed by atoms with Gasteiger partial charge in [0.25, 0.3) is 0 Å². The maximum Gasteiger partial charge on any atom is 0.326 e. The fourth-order valence-corrected chi connectivity index (χ4v) is 1.79. The first kappa shape index (κ1) is 7.37. The minimum absolute atomic E-state index is 0.211. The van der Waals surface area contributed by atoms with Gasteiger partial charge in [0.1, 0.15) is 6.04 Å². The van der Waals surface area contributed by atoms with Crippen LogP contribution in [0.3, 0.4) is 0 Å². The van der Waals surface area contributed by atoms with Gasteiger partial charge < -0.3 is 10.4 Å². The molecule has 0 aliphatic heterocycles. The van der Waals surface area contributed by atoms with E-state index in [1.807, 2.05) is 0 Å². The van der Waals surface area contributed by atoms with Crippen LogP contribution in [0.4, 0.5) is 0 Å². The molecule has 0 aromatic heterocycles. The number of rotatable bonds is 6. The largest absolute Gasteiger partial charge is 0.480 e. The zero-order valence-electron chi connectivity index (χ0n) is 24.8. The lowest BCUT2D eigenvalue weighted by Gasteiger charge is -2.30. The lowest BCUT2D eigenvalue weighted by atomic mass is 9.76. The quantitative estimate of drug-likeness (QED) is 0.842. The number of benzene rings is 1. The summed E-state index contributed by atoms with van der Waals surface area (Å²) in [5.41, 5.74) is -0.211. The first-order valence-electron chi connectivity index (χ1n) is 13.1. The fraction of sp³-hybridized carbons (Fsp3) is 0.579. The molecular formula is C19H27NO3. The van der Waals surface area contributed by atoms with Crippen molar-refractivity contribution in [3.8, 4) is 0 Å². The molecule has 0 bridgehead atoms. The number of nitrogens with one attached hydrogen (secondary N) is 1. The first-order chi connectivity index (χ1) is 15.5. The van der Waals surface area contributed by atoms with Gasteiger partial charge in [-0.1, -0.05) is 44.2 Å². The van der Waals surface area contributed by atoms with Crippen LogP contribution < -0.4 is 5.32 Å². The summed E-state index contributed by atoms with van der Waals surface area (Å²) in [5, 5.41) is 11.3. The van der Waals surface area contributed by atoms with Gasteiger partial charge in [0.15, 0.2) is 0 Å². The Labute approximate surface area is 155 Å². The van der Waals surface area contributed by atoms with Crippen molar-refractivity contribution in [2.24, 2.45) is 17.7 Å². The van der Waals surface area contributed by atoms with E-state index >= 15 is 0 Å². The van der Waals surface area contributed by atoms with E-state index in [9.17, 15) is 14.7 Å². The molecule has 1 aliphatic rings. The van der Waals surface area contributed by atoms with Crippen molar-refractivity contribution in [1.82, 2.24) is 5.32 Å². The smallest absolute Gasteiger partial charge is 0.326 e. The van der Waals surface area contributed by atoms with Crippen molar-refractivity contribution >= 4 is 11.9 Å². The van der Waals surface area contributed by atoms with E-state index in [4.69, 9.17) is 16.4 Å². The summed E-state index contributed by atoms with van der Waals surface area (Å²) in [5.74, 6) is -12.4. The molecule has 4 heteroatoms. The molecule has 0 radical (unpaired) electrons. The number of hydrogen-bond donors (Lipinski definition) is 2. The minimum atomic E-state index is -3.97. The van der Waals surface area contributed by atoms with Gasteiger partial charge in [-0.3, -0.25) is 4.79 Å². The first-order valence-corrected chi connectivity index (χ1v) is 7.10. The molecule has 1 aromatic carbocycles. The van der Waals surface area contributed by atoms with E-state index in [0.29, 0.717) is 0 Å². The molecule has 1 atom stereocenters. The number of hydrogen-bond acceptors (Lipinski definition) is 2. The van der Waals surface area contributed by atoms with Crippen LogP contribution in [-0.4, -0.2) is 23.0 Å². The van der Waals surface area contributed by atoms with Crippen molar-refractivity contribution in [3.63, 3.8) is 0 Å². The minimum Gasteiger partial charge on any atom is -0.480 e. The van der Waals surface area contributed by atoms with E-state index in [-0.39, 0.29) is 5.56 Å². The zero-order chi connectivity index (χ0) is 27.6. The van der Waals surface area contributed by atoms with Gasteiger partial charge >= 0.3 is 5.97 Å². The van der Waals surface area contributed by atoms with Crippen LogP contribution in [0.15, 0.2) is 30.3 Å². The summed E-state index contributed by atoms with van der Waals surface area (Å²) in [4.78, 5) is 25.2. The third kappa shape index (κ3) is 5.08. The highest BCUT2D eigenvalue weighted by Crippen LogP contribution is 2.33. The van der Waals surface area contributed by atoms with Crippen molar-refractivity contribution in [2.45, 2.75) is 51.8 Å². The second kappa shape index (κ2) is 8.14. The lowest BCUT2D eigenvalue weighted by Crippen LogP contribution is -2.45. The van der Waals surface area contributed by atoms with Gasteiger partial charge in [0.05, 0.1) is 0 Å². The van der Waals surface area contributed by atoms with Crippen molar-refractivity contribution in [3.05, 3.63) is 35.9 Å². The Hall–Kier alpha value is -1.84. The number of aliphatic carboxylic acids is 1. The Bertz CT molecular complexity index is 968. The van der Waals surface area contributed by atoms with Gasteiger partial charge in [0, 0.05) is 28.7 Å². The average molecular weight is 330 g/mol. The van der Waals surface area contributed by atoms with Crippen LogP contribution >= 0.6 is 0 Å². The second-order valence-corrected chi connectivity index (χ2v) is 5.20. The third-order valence-corrected chi connectivity index (χ3v) is 3.06. The number of carboxylic acids is 1. The molecule has 2 N–H and O–H groups in total. The van der Waals surface area contributed by atoms with E-state index in [1.54, 1.807) is 5.32 Å². The average Bonchev–Trinajstić information content (AvgIpc) is 2.74. The summed E-state index contributed by atoms with van der Waals surface area (Å²) < 4.78 is 100. The van der Waals surface area contributed by atoms with Gasteiger partial charge in [-0.2, -0.15) is 0 Å². The second-order valence-electron chi connectivity index (χ2n) is 5.20. The molecule has 4 nitrogen and oxygen atoms in total. The Morgan fingerprint density at radius 3 is 2.43 bits per heavy atom. The van der Waals surface area contributed by atoms with Gasteiger partial charge in [0.2, 0.25) is 5.91 Å². The maximum atomic E-state index is 13.3. The molecule has 1 fully saturated rings. The summed E-state index contributed by atoms with van der Waals surface area (Å²) in [6.07, 6.45) is -17.8. The normalized spacial score (nSPS) is 46.0. The molecule has 0 saturated heterocycles. The predicted molar refractivity (Wildman–Crippen MR) is 90.0 cm³/mol. The molecule has 1 amide bonds. The molecule has 0 spiro atoms. The molecule has 23 heavy (non-hydrogen) atoms. The van der Waals surface area contributed by atoms with Gasteiger partial charge in [-0.15, -0.1) is 0 Å². The monoisotopic (exact) mass is 329 g/mol. The van der Waals surface area contributed by atoms with E-state index in [1.165, 1.54) is 44.2 Å². The van der Waals surface area contributed by atoms with E-state index in [0.717, 1.165) is 0 Å². The van der Waals surface area contributed by atoms with Crippen molar-refractivity contribution in [2.75, 3.05) is 0 Å². The molecule has 2 rings (SSSR count). The number of carboxylic acid groups (broad SMARTS) is 1. The Morgan fingerprint density at radius 1 is 1.30 bits per heavy atom. The highest BCUT2D eigenvalue weighted by Gasteiger charge is 2.30. The Balaban J connectivity index is 2.73. The molecule has 1 aliphatic carbocycles. The summed E-state index contributed by atoms with van der Waals surface area (Å²) in [7, 11) is 0. The van der Waals surface area contributed by atoms with Gasteiger partial charge in [-0.05, 0) is 42.9 Å². The maximum absolute atomic E-state index is 13.3. The van der Waals surface area contributed by atoms with Crippen LogP contribution in [0, 0.1) is 17.7 Å². The molecule has 126 valence electrons. The molecule has 1 aromatic rings. The van der Waals surface area contributed by atoms with Crippen LogP contribution in [0.2, 0.25) is 0 Å². The SMILES string of the molecule is [2H]C([2H])(c1ccccc1)[C@@H](NC(=O)[C@]1([2H])C([2H])([2H])C([2H])([2H])[C@@]([2H])(C(C)C)C([2H])([2H])C1([2H])[2H])C(=O)O. The number of carbonyl (C=O) groups excluding carboxylic acids is 1. The highest BCUT2D eigenvalue weighted by atomic mass is 16.4. The van der Waals surface area contributed by atoms with Crippen molar-refractivity contribution < 1.29 is 31.1 Å². The predicted octanol–water partition coefficient (Wildman–Crippen LogP) is 3.26. The fourth-order valence-electron chi connectivity index (χ4n) is 1.79. The van der Waals surface area contributed by atoms with Gasteiger partial charge in [-0.25, -0.2) is 4.79 Å². The standard InChI is InChI=1S/C19H27NO3/c1-13(2)15-8-10-16(11-9-15)18(21)20-17(19(22)23)12-14-6-4-3-5-7-14/h3-7,13,15-17H,8-12H2,1-2H3,(H,20,21)(H,22,23)/t15-,16-,17-/m1/s1/i8D2,9D2,10D2,11D2,12D2,15D,16D. The molecule has 0 heterocycles. The van der Waals surface area contributed by atoms with E-state index < -0.39 is 67.5 Å². The van der Waals surface area contributed by atoms with Crippen LogP contribution in [0.25, 0.3) is 0 Å². The van der Waals surface area contributed by atoms with Crippen LogP contribution in [0.5, 0.6) is 0 Å². The number of amides is 1. The number of carbonyl (C=O) groups is 2. The van der Waals surface area contributed by atoms with Crippen molar-refractivity contribution in [1.29, 1.82) is 0 Å². The zero-order valence-corrected chi connectivity index (χ0v) is 12.8. The summed E-state index contributed by atoms with van der Waals surface area (Å²) >= 11 is 0. The highest BCUT2D eigenvalue weighted by molar-refractivity contribution is 5.85. The topological polar surface area (TPSA) is 66.4 Å². The Kier molecular flexibility index (Phi) is 2.61. The molecular weight excluding hydrogens is 290 g/mol. The van der Waals surface area contributed by atoms with E-state index in [2.05, 4.69) is 0 Å². The van der Waals surface area contributed by atoms with Crippen LogP contribution in [0.1, 0.15) is 61.4 Å². The third-order valence-electron chi connectivity index (χ3n) is 3.06. The summed E-state index contributed by atoms with van der Waals surface area (Å²) in [6.45, 7) is 2.36. The van der Waals surface area contributed by atoms with Crippen LogP contribution in [-0.2, 0) is 16.0 Å².